The summed E-state index contributed by atoms with van der Waals surface area (Å²) in [6.07, 6.45) is 6.03. The number of ether oxygens (including phenoxy) is 1. The maximum atomic E-state index is 5.36. The number of alkyl halides is 1. The van der Waals surface area contributed by atoms with Gasteiger partial charge in [-0.3, -0.25) is 0 Å². The van der Waals surface area contributed by atoms with E-state index in [9.17, 15) is 0 Å². The highest BCUT2D eigenvalue weighted by atomic mass is 79.9. The van der Waals surface area contributed by atoms with Gasteiger partial charge in [0.05, 0.1) is 0 Å². The standard InChI is InChI=1S/C12H18BrN3O/c1-16(9-10-2-4-17-5-3-10)12-14-7-11(6-13)8-15-12/h7-8,10H,2-6,9H2,1H3. The maximum Gasteiger partial charge on any atom is 0.225 e. The molecule has 0 spiro atoms. The molecule has 4 nitrogen and oxygen atoms in total. The molecule has 0 N–H and O–H groups in total. The van der Waals surface area contributed by atoms with Crippen molar-refractivity contribution in [2.24, 2.45) is 5.92 Å². The SMILES string of the molecule is CN(CC1CCOCC1)c1ncc(CBr)cn1. The Morgan fingerprint density at radius 2 is 2.00 bits per heavy atom. The summed E-state index contributed by atoms with van der Waals surface area (Å²) in [5.41, 5.74) is 1.10. The molecule has 2 rings (SSSR count). The van der Waals surface area contributed by atoms with E-state index in [1.54, 1.807) is 0 Å². The molecule has 1 aliphatic heterocycles. The molecule has 0 unspecified atom stereocenters. The predicted molar refractivity (Wildman–Crippen MR) is 71.5 cm³/mol. The molecule has 94 valence electrons. The van der Waals surface area contributed by atoms with E-state index in [1.165, 1.54) is 0 Å². The van der Waals surface area contributed by atoms with E-state index in [4.69, 9.17) is 4.74 Å². The monoisotopic (exact) mass is 299 g/mol. The van der Waals surface area contributed by atoms with Crippen molar-refractivity contribution in [2.75, 3.05) is 31.7 Å². The molecule has 0 saturated carbocycles. The highest BCUT2D eigenvalue weighted by molar-refractivity contribution is 9.08. The second-order valence-electron chi connectivity index (χ2n) is 4.46. The highest BCUT2D eigenvalue weighted by Crippen LogP contribution is 2.17. The van der Waals surface area contributed by atoms with Gasteiger partial charge in [-0.15, -0.1) is 0 Å². The van der Waals surface area contributed by atoms with Crippen LogP contribution in [0.5, 0.6) is 0 Å². The molecule has 0 radical (unpaired) electrons. The van der Waals surface area contributed by atoms with Gasteiger partial charge in [0, 0.05) is 44.5 Å². The Balaban J connectivity index is 1.91. The van der Waals surface area contributed by atoms with Crippen LogP contribution in [0, 0.1) is 5.92 Å². The van der Waals surface area contributed by atoms with Crippen LogP contribution in [0.1, 0.15) is 18.4 Å². The van der Waals surface area contributed by atoms with Gasteiger partial charge in [-0.25, -0.2) is 9.97 Å². The van der Waals surface area contributed by atoms with Crippen molar-refractivity contribution in [1.82, 2.24) is 9.97 Å². The molecule has 0 atom stereocenters. The van der Waals surface area contributed by atoms with Crippen molar-refractivity contribution in [1.29, 1.82) is 0 Å². The molecule has 1 fully saturated rings. The quantitative estimate of drug-likeness (QED) is 0.799. The Labute approximate surface area is 111 Å². The van der Waals surface area contributed by atoms with E-state index >= 15 is 0 Å². The molecule has 1 aliphatic rings. The summed E-state index contributed by atoms with van der Waals surface area (Å²) < 4.78 is 5.36. The van der Waals surface area contributed by atoms with Crippen LogP contribution < -0.4 is 4.90 Å². The van der Waals surface area contributed by atoms with Crippen molar-refractivity contribution < 1.29 is 4.74 Å². The first-order valence-electron chi connectivity index (χ1n) is 5.95. The van der Waals surface area contributed by atoms with Crippen molar-refractivity contribution in [2.45, 2.75) is 18.2 Å². The van der Waals surface area contributed by atoms with Gasteiger partial charge in [0.2, 0.25) is 5.95 Å². The molecule has 0 bridgehead atoms. The fourth-order valence-electron chi connectivity index (χ4n) is 2.01. The number of hydrogen-bond donors (Lipinski definition) is 0. The zero-order valence-corrected chi connectivity index (χ0v) is 11.7. The molecular formula is C12H18BrN3O. The van der Waals surface area contributed by atoms with E-state index in [1.807, 2.05) is 12.4 Å². The Kier molecular flexibility index (Phi) is 4.74. The van der Waals surface area contributed by atoms with E-state index in [2.05, 4.69) is 37.8 Å². The van der Waals surface area contributed by atoms with Crippen molar-refractivity contribution >= 4 is 21.9 Å². The number of aromatic nitrogens is 2. The van der Waals surface area contributed by atoms with Crippen molar-refractivity contribution in [3.05, 3.63) is 18.0 Å². The second kappa shape index (κ2) is 6.31. The van der Waals surface area contributed by atoms with Crippen LogP contribution in [0.3, 0.4) is 0 Å². The smallest absolute Gasteiger partial charge is 0.225 e. The highest BCUT2D eigenvalue weighted by Gasteiger charge is 2.16. The van der Waals surface area contributed by atoms with Gasteiger partial charge in [-0.1, -0.05) is 15.9 Å². The van der Waals surface area contributed by atoms with Gasteiger partial charge in [-0.05, 0) is 24.3 Å². The topological polar surface area (TPSA) is 38.2 Å². The Morgan fingerprint density at radius 3 is 2.59 bits per heavy atom. The minimum absolute atomic E-state index is 0.702. The number of rotatable bonds is 4. The van der Waals surface area contributed by atoms with Gasteiger partial charge in [0.15, 0.2) is 0 Å². The minimum atomic E-state index is 0.702. The van der Waals surface area contributed by atoms with E-state index < -0.39 is 0 Å². The summed E-state index contributed by atoms with van der Waals surface area (Å²) in [4.78, 5) is 10.9. The number of anilines is 1. The van der Waals surface area contributed by atoms with Crippen LogP contribution in [-0.2, 0) is 10.1 Å². The molecule has 2 heterocycles. The average Bonchev–Trinajstić information content (AvgIpc) is 2.40. The Bertz CT molecular complexity index is 338. The Hall–Kier alpha value is -0.680. The first kappa shape index (κ1) is 12.8. The fourth-order valence-corrected chi connectivity index (χ4v) is 2.30. The van der Waals surface area contributed by atoms with Crippen LogP contribution in [-0.4, -0.2) is 36.8 Å². The molecule has 17 heavy (non-hydrogen) atoms. The molecule has 1 aromatic heterocycles. The lowest BCUT2D eigenvalue weighted by molar-refractivity contribution is 0.0684. The molecule has 0 amide bonds. The predicted octanol–water partition coefficient (Wildman–Crippen LogP) is 2.23. The molecule has 5 heteroatoms. The maximum absolute atomic E-state index is 5.36. The van der Waals surface area contributed by atoms with Crippen molar-refractivity contribution in [3.63, 3.8) is 0 Å². The van der Waals surface area contributed by atoms with E-state index in [-0.39, 0.29) is 0 Å². The van der Waals surface area contributed by atoms with Gasteiger partial charge < -0.3 is 9.64 Å². The van der Waals surface area contributed by atoms with Crippen LogP contribution >= 0.6 is 15.9 Å². The third-order valence-corrected chi connectivity index (χ3v) is 3.71. The summed E-state index contributed by atoms with van der Waals surface area (Å²) in [6, 6.07) is 0. The lowest BCUT2D eigenvalue weighted by Crippen LogP contribution is -2.30. The molecule has 0 aromatic carbocycles. The number of halogens is 1. The molecule has 1 saturated heterocycles. The summed E-state index contributed by atoms with van der Waals surface area (Å²) >= 11 is 3.39. The zero-order valence-electron chi connectivity index (χ0n) is 10.1. The zero-order chi connectivity index (χ0) is 12.1. The largest absolute Gasteiger partial charge is 0.381 e. The minimum Gasteiger partial charge on any atom is -0.381 e. The van der Waals surface area contributed by atoms with Crippen LogP contribution in [0.25, 0.3) is 0 Å². The summed E-state index contributed by atoms with van der Waals surface area (Å²) in [6.45, 7) is 2.79. The van der Waals surface area contributed by atoms with Crippen LogP contribution in [0.2, 0.25) is 0 Å². The third kappa shape index (κ3) is 3.64. The van der Waals surface area contributed by atoms with Gasteiger partial charge >= 0.3 is 0 Å². The number of hydrogen-bond acceptors (Lipinski definition) is 4. The number of nitrogens with zero attached hydrogens (tertiary/aromatic N) is 3. The van der Waals surface area contributed by atoms with Gasteiger partial charge in [0.25, 0.3) is 0 Å². The molecular weight excluding hydrogens is 282 g/mol. The first-order valence-corrected chi connectivity index (χ1v) is 7.07. The summed E-state index contributed by atoms with van der Waals surface area (Å²) in [7, 11) is 2.05. The van der Waals surface area contributed by atoms with Gasteiger partial charge in [-0.2, -0.15) is 0 Å². The second-order valence-corrected chi connectivity index (χ2v) is 5.02. The molecule has 0 aliphatic carbocycles. The van der Waals surface area contributed by atoms with Crippen LogP contribution in [0.15, 0.2) is 12.4 Å². The lowest BCUT2D eigenvalue weighted by Gasteiger charge is -2.27. The van der Waals surface area contributed by atoms with Crippen LogP contribution in [0.4, 0.5) is 5.95 Å². The van der Waals surface area contributed by atoms with E-state index in [0.29, 0.717) is 5.92 Å². The van der Waals surface area contributed by atoms with Crippen molar-refractivity contribution in [3.8, 4) is 0 Å². The average molecular weight is 300 g/mol. The normalized spacial score (nSPS) is 17.1. The molecule has 1 aromatic rings. The van der Waals surface area contributed by atoms with E-state index in [0.717, 1.165) is 49.4 Å². The third-order valence-electron chi connectivity index (χ3n) is 3.06. The lowest BCUT2D eigenvalue weighted by atomic mass is 10.0. The first-order chi connectivity index (χ1) is 8.29. The fraction of sp³-hybridized carbons (Fsp3) is 0.667. The van der Waals surface area contributed by atoms with Gasteiger partial charge in [0.1, 0.15) is 0 Å². The summed E-state index contributed by atoms with van der Waals surface area (Å²) in [5.74, 6) is 1.51. The Morgan fingerprint density at radius 1 is 1.35 bits per heavy atom. The summed E-state index contributed by atoms with van der Waals surface area (Å²) in [5, 5.41) is 0.803.